The zero-order valence-electron chi connectivity index (χ0n) is 12.9. The molecule has 5 nitrogen and oxygen atoms in total. The zero-order chi connectivity index (χ0) is 16.4. The highest BCUT2D eigenvalue weighted by atomic mass is 16.1. The summed E-state index contributed by atoms with van der Waals surface area (Å²) in [5.41, 5.74) is 3.42. The maximum atomic E-state index is 12.5. The first kappa shape index (κ1) is 14.3. The molecule has 0 saturated carbocycles. The Labute approximate surface area is 138 Å². The highest BCUT2D eigenvalue weighted by Crippen LogP contribution is 2.19. The fraction of sp³-hybridized carbons (Fsp3) is 0.0526. The normalized spacial score (nSPS) is 10.8. The average molecular weight is 316 g/mol. The van der Waals surface area contributed by atoms with Crippen LogP contribution in [0.1, 0.15) is 15.9 Å². The first-order valence-electron chi connectivity index (χ1n) is 7.73. The van der Waals surface area contributed by atoms with Gasteiger partial charge in [-0.3, -0.25) is 9.48 Å². The molecule has 0 aliphatic carbocycles. The van der Waals surface area contributed by atoms with E-state index in [1.165, 1.54) is 0 Å². The van der Waals surface area contributed by atoms with Crippen LogP contribution in [0.3, 0.4) is 0 Å². The van der Waals surface area contributed by atoms with Crippen molar-refractivity contribution in [3.05, 3.63) is 84.3 Å². The number of nitrogens with zero attached hydrogens (tertiary/aromatic N) is 2. The number of rotatable bonds is 4. The van der Waals surface area contributed by atoms with Gasteiger partial charge in [0.05, 0.1) is 24.0 Å². The molecule has 4 rings (SSSR count). The maximum Gasteiger partial charge on any atom is 0.257 e. The molecule has 0 bridgehead atoms. The first-order valence-corrected chi connectivity index (χ1v) is 7.73. The number of hydrogen-bond donors (Lipinski definition) is 2. The lowest BCUT2D eigenvalue weighted by Crippen LogP contribution is -2.10. The molecular formula is C19H16N4O. The van der Waals surface area contributed by atoms with Gasteiger partial charge < -0.3 is 10.3 Å². The van der Waals surface area contributed by atoms with Gasteiger partial charge in [-0.15, -0.1) is 0 Å². The van der Waals surface area contributed by atoms with Crippen molar-refractivity contribution in [1.82, 2.24) is 14.8 Å². The highest BCUT2D eigenvalue weighted by Gasteiger charge is 2.12. The number of nitrogens with one attached hydrogen (secondary N) is 2. The number of benzene rings is 2. The minimum Gasteiger partial charge on any atom is -0.360 e. The topological polar surface area (TPSA) is 62.7 Å². The van der Waals surface area contributed by atoms with Gasteiger partial charge >= 0.3 is 0 Å². The van der Waals surface area contributed by atoms with E-state index in [-0.39, 0.29) is 5.91 Å². The van der Waals surface area contributed by atoms with Crippen molar-refractivity contribution in [3.63, 3.8) is 0 Å². The van der Waals surface area contributed by atoms with Crippen LogP contribution >= 0.6 is 0 Å². The van der Waals surface area contributed by atoms with Crippen LogP contribution < -0.4 is 5.32 Å². The summed E-state index contributed by atoms with van der Waals surface area (Å²) in [4.78, 5) is 15.6. The van der Waals surface area contributed by atoms with Crippen molar-refractivity contribution in [2.24, 2.45) is 0 Å². The van der Waals surface area contributed by atoms with E-state index in [1.807, 2.05) is 60.8 Å². The molecule has 24 heavy (non-hydrogen) atoms. The molecule has 0 unspecified atom stereocenters. The molecule has 118 valence electrons. The van der Waals surface area contributed by atoms with E-state index in [0.717, 1.165) is 16.5 Å². The number of aromatic nitrogens is 3. The molecule has 2 aromatic carbocycles. The van der Waals surface area contributed by atoms with Gasteiger partial charge in [0.1, 0.15) is 0 Å². The van der Waals surface area contributed by atoms with Crippen LogP contribution in [0.15, 0.2) is 73.2 Å². The summed E-state index contributed by atoms with van der Waals surface area (Å²) in [7, 11) is 0. The molecule has 2 aromatic heterocycles. The van der Waals surface area contributed by atoms with Crippen LogP contribution in [-0.4, -0.2) is 20.7 Å². The first-order chi connectivity index (χ1) is 11.8. The Bertz CT molecular complexity index is 985. The van der Waals surface area contributed by atoms with Crippen LogP contribution in [-0.2, 0) is 6.54 Å². The van der Waals surface area contributed by atoms with E-state index in [4.69, 9.17) is 0 Å². The summed E-state index contributed by atoms with van der Waals surface area (Å²) in [6, 6.07) is 17.8. The lowest BCUT2D eigenvalue weighted by Gasteiger charge is -2.02. The molecule has 0 atom stereocenters. The third-order valence-corrected chi connectivity index (χ3v) is 3.91. The Kier molecular flexibility index (Phi) is 3.59. The molecule has 2 heterocycles. The average Bonchev–Trinajstić information content (AvgIpc) is 3.22. The molecule has 0 aliphatic rings. The molecule has 5 heteroatoms. The predicted molar refractivity (Wildman–Crippen MR) is 94.0 cm³/mol. The Morgan fingerprint density at radius 3 is 2.75 bits per heavy atom. The number of carbonyl (C=O) groups excluding carboxylic acids is 1. The lowest BCUT2D eigenvalue weighted by atomic mass is 10.1. The smallest absolute Gasteiger partial charge is 0.257 e. The van der Waals surface area contributed by atoms with Crippen LogP contribution in [0.5, 0.6) is 0 Å². The predicted octanol–water partition coefficient (Wildman–Crippen LogP) is 3.67. The summed E-state index contributed by atoms with van der Waals surface area (Å²) >= 11 is 0. The fourth-order valence-electron chi connectivity index (χ4n) is 2.74. The standard InChI is InChI=1S/C19H16N4O/c24-19(17-11-20-18-9-5-4-8-16(17)18)22-15-10-21-23(13-15)12-14-6-2-1-3-7-14/h1-11,13,20H,12H2,(H,22,24). The second-order valence-electron chi connectivity index (χ2n) is 5.61. The van der Waals surface area contributed by atoms with Gasteiger partial charge in [0.25, 0.3) is 5.91 Å². The number of aromatic amines is 1. The Hall–Kier alpha value is -3.34. The SMILES string of the molecule is O=C(Nc1cnn(Cc2ccccc2)c1)c1c[nH]c2ccccc12. The van der Waals surface area contributed by atoms with Crippen molar-refractivity contribution < 1.29 is 4.79 Å². The number of amides is 1. The van der Waals surface area contributed by atoms with E-state index in [9.17, 15) is 4.79 Å². The van der Waals surface area contributed by atoms with Crippen molar-refractivity contribution in [3.8, 4) is 0 Å². The van der Waals surface area contributed by atoms with Gasteiger partial charge in [-0.2, -0.15) is 5.10 Å². The molecule has 4 aromatic rings. The molecule has 0 radical (unpaired) electrons. The molecular weight excluding hydrogens is 300 g/mol. The van der Waals surface area contributed by atoms with Crippen molar-refractivity contribution in [2.45, 2.75) is 6.54 Å². The molecule has 0 saturated heterocycles. The van der Waals surface area contributed by atoms with Crippen LogP contribution in [0.25, 0.3) is 10.9 Å². The third-order valence-electron chi connectivity index (χ3n) is 3.91. The number of fused-ring (bicyclic) bond motifs is 1. The summed E-state index contributed by atoms with van der Waals surface area (Å²) in [6.07, 6.45) is 5.23. The maximum absolute atomic E-state index is 12.5. The Balaban J connectivity index is 1.50. The molecule has 0 aliphatic heterocycles. The van der Waals surface area contributed by atoms with Crippen molar-refractivity contribution in [2.75, 3.05) is 5.32 Å². The van der Waals surface area contributed by atoms with Gasteiger partial charge in [0.15, 0.2) is 0 Å². The Morgan fingerprint density at radius 2 is 1.88 bits per heavy atom. The summed E-state index contributed by atoms with van der Waals surface area (Å²) in [5.74, 6) is -0.147. The van der Waals surface area contributed by atoms with E-state index < -0.39 is 0 Å². The molecule has 2 N–H and O–H groups in total. The van der Waals surface area contributed by atoms with Crippen molar-refractivity contribution in [1.29, 1.82) is 0 Å². The van der Waals surface area contributed by atoms with Gasteiger partial charge in [0.2, 0.25) is 0 Å². The molecule has 0 spiro atoms. The summed E-state index contributed by atoms with van der Waals surface area (Å²) < 4.78 is 1.81. The Morgan fingerprint density at radius 1 is 1.08 bits per heavy atom. The minimum absolute atomic E-state index is 0.147. The highest BCUT2D eigenvalue weighted by molar-refractivity contribution is 6.12. The summed E-state index contributed by atoms with van der Waals surface area (Å²) in [5, 5.41) is 8.11. The van der Waals surface area contributed by atoms with E-state index in [0.29, 0.717) is 17.8 Å². The minimum atomic E-state index is -0.147. The number of H-pyrrole nitrogens is 1. The van der Waals surface area contributed by atoms with Crippen molar-refractivity contribution >= 4 is 22.5 Å². The lowest BCUT2D eigenvalue weighted by molar-refractivity contribution is 0.102. The van der Waals surface area contributed by atoms with Gasteiger partial charge in [-0.1, -0.05) is 48.5 Å². The quantitative estimate of drug-likeness (QED) is 0.603. The third kappa shape index (κ3) is 2.79. The number of carbonyl (C=O) groups is 1. The van der Waals surface area contributed by atoms with E-state index in [1.54, 1.807) is 17.1 Å². The van der Waals surface area contributed by atoms with Gasteiger partial charge in [0, 0.05) is 23.3 Å². The van der Waals surface area contributed by atoms with E-state index in [2.05, 4.69) is 15.4 Å². The van der Waals surface area contributed by atoms with Crippen LogP contribution in [0, 0.1) is 0 Å². The number of hydrogen-bond acceptors (Lipinski definition) is 2. The zero-order valence-corrected chi connectivity index (χ0v) is 12.9. The van der Waals surface area contributed by atoms with Gasteiger partial charge in [-0.25, -0.2) is 0 Å². The second kappa shape index (κ2) is 6.04. The van der Waals surface area contributed by atoms with Gasteiger partial charge in [-0.05, 0) is 11.6 Å². The summed E-state index contributed by atoms with van der Waals surface area (Å²) in [6.45, 7) is 0.670. The largest absolute Gasteiger partial charge is 0.360 e. The monoisotopic (exact) mass is 316 g/mol. The molecule has 0 fully saturated rings. The number of anilines is 1. The van der Waals surface area contributed by atoms with Crippen LogP contribution in [0.4, 0.5) is 5.69 Å². The number of para-hydroxylation sites is 1. The fourth-order valence-corrected chi connectivity index (χ4v) is 2.74. The van der Waals surface area contributed by atoms with Crippen LogP contribution in [0.2, 0.25) is 0 Å². The second-order valence-corrected chi connectivity index (χ2v) is 5.61. The van der Waals surface area contributed by atoms with E-state index >= 15 is 0 Å². The molecule has 1 amide bonds.